The number of nitrogens with one attached hydrogen (secondary N) is 2. The maximum Gasteiger partial charge on any atom is 0.234 e. The first-order chi connectivity index (χ1) is 9.93. The molecule has 1 aromatic carbocycles. The Morgan fingerprint density at radius 2 is 2.05 bits per heavy atom. The Balaban J connectivity index is 2.04. The van der Waals surface area contributed by atoms with Crippen LogP contribution in [0.2, 0.25) is 0 Å². The Morgan fingerprint density at radius 3 is 2.67 bits per heavy atom. The van der Waals surface area contributed by atoms with Crippen LogP contribution >= 0.6 is 27.3 Å². The van der Waals surface area contributed by atoms with Crippen molar-refractivity contribution in [3.05, 3.63) is 50.1 Å². The number of halogens is 1. The average Bonchev–Trinajstić information content (AvgIpc) is 2.95. The molecule has 5 heteroatoms. The number of benzene rings is 1. The van der Waals surface area contributed by atoms with Crippen LogP contribution in [0.25, 0.3) is 0 Å². The molecule has 1 unspecified atom stereocenters. The van der Waals surface area contributed by atoms with Crippen molar-refractivity contribution in [2.75, 3.05) is 12.4 Å². The van der Waals surface area contributed by atoms with E-state index in [1.54, 1.807) is 11.3 Å². The highest BCUT2D eigenvalue weighted by molar-refractivity contribution is 9.11. The van der Waals surface area contributed by atoms with Gasteiger partial charge in [-0.1, -0.05) is 12.1 Å². The molecule has 3 nitrogen and oxygen atoms in total. The number of carbonyl (C=O) groups excluding carboxylic acids is 1. The Morgan fingerprint density at radius 1 is 1.29 bits per heavy atom. The molecule has 1 aliphatic rings. The Bertz CT molecular complexity index is 708. The smallest absolute Gasteiger partial charge is 0.234 e. The van der Waals surface area contributed by atoms with Crippen molar-refractivity contribution in [1.29, 1.82) is 0 Å². The largest absolute Gasteiger partial charge is 0.325 e. The SMILES string of the molecule is CNC(c1csc(Br)c1)c1ccc2c(c1)C(C)(C)C(=O)N2. The van der Waals surface area contributed by atoms with Gasteiger partial charge in [0.05, 0.1) is 15.2 Å². The maximum absolute atomic E-state index is 12.0. The third-order valence-corrected chi connectivity index (χ3v) is 5.60. The van der Waals surface area contributed by atoms with Crippen LogP contribution in [-0.4, -0.2) is 13.0 Å². The zero-order valence-electron chi connectivity index (χ0n) is 12.2. The molecule has 3 rings (SSSR count). The van der Waals surface area contributed by atoms with E-state index in [0.717, 1.165) is 15.0 Å². The third kappa shape index (κ3) is 2.43. The minimum Gasteiger partial charge on any atom is -0.325 e. The van der Waals surface area contributed by atoms with Crippen molar-refractivity contribution in [2.24, 2.45) is 0 Å². The van der Waals surface area contributed by atoms with Crippen molar-refractivity contribution >= 4 is 38.9 Å². The number of hydrogen-bond acceptors (Lipinski definition) is 3. The van der Waals surface area contributed by atoms with Gasteiger partial charge in [-0.2, -0.15) is 0 Å². The molecule has 1 aromatic heterocycles. The van der Waals surface area contributed by atoms with Crippen LogP contribution in [0.3, 0.4) is 0 Å². The van der Waals surface area contributed by atoms with Crippen LogP contribution in [0.15, 0.2) is 33.4 Å². The average molecular weight is 365 g/mol. The molecule has 0 spiro atoms. The minimum absolute atomic E-state index is 0.0638. The molecule has 0 saturated carbocycles. The molecule has 1 aliphatic heterocycles. The zero-order valence-corrected chi connectivity index (χ0v) is 14.6. The van der Waals surface area contributed by atoms with Crippen molar-refractivity contribution in [2.45, 2.75) is 25.3 Å². The lowest BCUT2D eigenvalue weighted by molar-refractivity contribution is -0.119. The molecule has 2 heterocycles. The summed E-state index contributed by atoms with van der Waals surface area (Å²) in [6.45, 7) is 3.93. The van der Waals surface area contributed by atoms with Gasteiger partial charge in [-0.05, 0) is 71.0 Å². The van der Waals surface area contributed by atoms with Crippen LogP contribution in [0.1, 0.15) is 36.6 Å². The van der Waals surface area contributed by atoms with Gasteiger partial charge in [-0.25, -0.2) is 0 Å². The molecular weight excluding hydrogens is 348 g/mol. The predicted octanol–water partition coefficient (Wildman–Crippen LogP) is 4.05. The molecule has 0 radical (unpaired) electrons. The van der Waals surface area contributed by atoms with Gasteiger partial charge in [-0.15, -0.1) is 11.3 Å². The van der Waals surface area contributed by atoms with Crippen molar-refractivity contribution in [3.63, 3.8) is 0 Å². The normalized spacial score (nSPS) is 17.4. The third-order valence-electron chi connectivity index (χ3n) is 4.08. The van der Waals surface area contributed by atoms with E-state index in [1.807, 2.05) is 27.0 Å². The summed E-state index contributed by atoms with van der Waals surface area (Å²) in [5, 5.41) is 8.45. The van der Waals surface area contributed by atoms with E-state index in [1.165, 1.54) is 11.1 Å². The summed E-state index contributed by atoms with van der Waals surface area (Å²) in [6, 6.07) is 8.48. The lowest BCUT2D eigenvalue weighted by Crippen LogP contribution is -2.27. The summed E-state index contributed by atoms with van der Waals surface area (Å²) < 4.78 is 1.12. The van der Waals surface area contributed by atoms with Gasteiger partial charge < -0.3 is 10.6 Å². The maximum atomic E-state index is 12.0. The van der Waals surface area contributed by atoms with E-state index in [9.17, 15) is 4.79 Å². The summed E-state index contributed by atoms with van der Waals surface area (Å²) >= 11 is 5.19. The van der Waals surface area contributed by atoms with E-state index in [4.69, 9.17) is 0 Å². The molecular formula is C16H17BrN2OS. The monoisotopic (exact) mass is 364 g/mol. The van der Waals surface area contributed by atoms with Crippen LogP contribution in [0.5, 0.6) is 0 Å². The number of rotatable bonds is 3. The Kier molecular flexibility index (Phi) is 3.67. The summed E-state index contributed by atoms with van der Waals surface area (Å²) in [5.41, 5.74) is 3.92. The summed E-state index contributed by atoms with van der Waals surface area (Å²) in [4.78, 5) is 12.0. The summed E-state index contributed by atoms with van der Waals surface area (Å²) in [6.07, 6.45) is 0. The summed E-state index contributed by atoms with van der Waals surface area (Å²) in [5.74, 6) is 0.0638. The second-order valence-corrected chi connectivity index (χ2v) is 8.08. The first-order valence-corrected chi connectivity index (χ1v) is 8.48. The number of carbonyl (C=O) groups is 1. The molecule has 0 bridgehead atoms. The van der Waals surface area contributed by atoms with Gasteiger partial charge in [-0.3, -0.25) is 4.79 Å². The van der Waals surface area contributed by atoms with Crippen molar-refractivity contribution in [3.8, 4) is 0 Å². The number of amides is 1. The van der Waals surface area contributed by atoms with Gasteiger partial charge in [0.15, 0.2) is 0 Å². The predicted molar refractivity (Wildman–Crippen MR) is 91.0 cm³/mol. The first-order valence-electron chi connectivity index (χ1n) is 6.80. The van der Waals surface area contributed by atoms with Crippen LogP contribution < -0.4 is 10.6 Å². The zero-order chi connectivity index (χ0) is 15.2. The number of hydrogen-bond donors (Lipinski definition) is 2. The fraction of sp³-hybridized carbons (Fsp3) is 0.312. The second kappa shape index (κ2) is 5.23. The van der Waals surface area contributed by atoms with Crippen LogP contribution in [-0.2, 0) is 10.2 Å². The van der Waals surface area contributed by atoms with Gasteiger partial charge in [0.1, 0.15) is 0 Å². The van der Waals surface area contributed by atoms with E-state index >= 15 is 0 Å². The van der Waals surface area contributed by atoms with Gasteiger partial charge in [0, 0.05) is 5.69 Å². The minimum atomic E-state index is -0.473. The Hall–Kier alpha value is -1.17. The van der Waals surface area contributed by atoms with Crippen molar-refractivity contribution in [1.82, 2.24) is 5.32 Å². The lowest BCUT2D eigenvalue weighted by Gasteiger charge is -2.20. The summed E-state index contributed by atoms with van der Waals surface area (Å²) in [7, 11) is 1.96. The highest BCUT2D eigenvalue weighted by Crippen LogP contribution is 2.39. The molecule has 0 saturated heterocycles. The highest BCUT2D eigenvalue weighted by atomic mass is 79.9. The first kappa shape index (κ1) is 14.8. The van der Waals surface area contributed by atoms with E-state index in [-0.39, 0.29) is 11.9 Å². The number of anilines is 1. The topological polar surface area (TPSA) is 41.1 Å². The fourth-order valence-corrected chi connectivity index (χ4v) is 3.97. The van der Waals surface area contributed by atoms with Gasteiger partial charge >= 0.3 is 0 Å². The van der Waals surface area contributed by atoms with E-state index < -0.39 is 5.41 Å². The van der Waals surface area contributed by atoms with Crippen LogP contribution in [0.4, 0.5) is 5.69 Å². The molecule has 0 aliphatic carbocycles. The fourth-order valence-electron chi connectivity index (χ4n) is 2.77. The Labute approximate surface area is 136 Å². The quantitative estimate of drug-likeness (QED) is 0.862. The molecule has 2 N–H and O–H groups in total. The second-order valence-electron chi connectivity index (χ2n) is 5.79. The standard InChI is InChI=1S/C16H17BrN2OS/c1-16(2)11-6-9(4-5-12(11)19-15(16)20)14(18-3)10-7-13(17)21-8-10/h4-8,14,18H,1-3H3,(H,19,20). The van der Waals surface area contributed by atoms with Gasteiger partial charge in [0.2, 0.25) is 5.91 Å². The van der Waals surface area contributed by atoms with E-state index in [2.05, 4.69) is 50.1 Å². The lowest BCUT2D eigenvalue weighted by atomic mass is 9.84. The van der Waals surface area contributed by atoms with E-state index in [0.29, 0.717) is 0 Å². The number of fused-ring (bicyclic) bond motifs is 1. The van der Waals surface area contributed by atoms with Gasteiger partial charge in [0.25, 0.3) is 0 Å². The highest BCUT2D eigenvalue weighted by Gasteiger charge is 2.38. The van der Waals surface area contributed by atoms with Crippen LogP contribution in [0, 0.1) is 0 Å². The molecule has 1 atom stereocenters. The molecule has 0 fully saturated rings. The molecule has 21 heavy (non-hydrogen) atoms. The number of thiophene rings is 1. The molecule has 2 aromatic rings. The molecule has 1 amide bonds. The van der Waals surface area contributed by atoms with Crippen molar-refractivity contribution < 1.29 is 4.79 Å². The molecule has 110 valence electrons.